The minimum absolute atomic E-state index is 0.0845. The van der Waals surface area contributed by atoms with E-state index in [9.17, 15) is 9.18 Å². The Kier molecular flexibility index (Phi) is 6.51. The molecule has 0 bridgehead atoms. The summed E-state index contributed by atoms with van der Waals surface area (Å²) < 4.78 is 18.7. The van der Waals surface area contributed by atoms with Gasteiger partial charge in [0.2, 0.25) is 5.91 Å². The van der Waals surface area contributed by atoms with Crippen molar-refractivity contribution in [2.75, 3.05) is 52.4 Å². The maximum absolute atomic E-state index is 13.0. The molecule has 0 radical (unpaired) electrons. The lowest BCUT2D eigenvalue weighted by Gasteiger charge is -2.36. The molecule has 1 N–H and O–H groups in total. The molecule has 138 valence electrons. The lowest BCUT2D eigenvalue weighted by molar-refractivity contribution is -0.138. The van der Waals surface area contributed by atoms with E-state index in [1.807, 2.05) is 4.90 Å². The lowest BCUT2D eigenvalue weighted by Crippen LogP contribution is -2.51. The van der Waals surface area contributed by atoms with Gasteiger partial charge in [-0.25, -0.2) is 4.39 Å². The van der Waals surface area contributed by atoms with Crippen molar-refractivity contribution in [2.45, 2.75) is 12.8 Å². The first kappa shape index (κ1) is 18.4. The molecule has 2 aliphatic rings. The zero-order chi connectivity index (χ0) is 17.6. The third-order valence-electron chi connectivity index (χ3n) is 4.84. The van der Waals surface area contributed by atoms with E-state index in [-0.39, 0.29) is 22.7 Å². The fourth-order valence-electron chi connectivity index (χ4n) is 3.48. The van der Waals surface area contributed by atoms with Gasteiger partial charge in [0.15, 0.2) is 0 Å². The third kappa shape index (κ3) is 5.06. The molecular formula is C18H25ClFN3O2. The highest BCUT2D eigenvalue weighted by Gasteiger charge is 2.29. The van der Waals surface area contributed by atoms with Crippen LogP contribution in [-0.2, 0) is 4.79 Å². The largest absolute Gasteiger partial charge is 0.491 e. The number of halogens is 2. The summed E-state index contributed by atoms with van der Waals surface area (Å²) >= 11 is 5.97. The van der Waals surface area contributed by atoms with Crippen LogP contribution in [0.5, 0.6) is 5.75 Å². The summed E-state index contributed by atoms with van der Waals surface area (Å²) in [6, 6.07) is 4.13. The van der Waals surface area contributed by atoms with Crippen LogP contribution in [-0.4, -0.2) is 68.1 Å². The fraction of sp³-hybridized carbons (Fsp3) is 0.611. The average Bonchev–Trinajstić information content (AvgIpc) is 2.64. The van der Waals surface area contributed by atoms with Crippen molar-refractivity contribution in [3.05, 3.63) is 29.0 Å². The van der Waals surface area contributed by atoms with Crippen LogP contribution in [0, 0.1) is 11.7 Å². The second-order valence-corrected chi connectivity index (χ2v) is 7.05. The second-order valence-electron chi connectivity index (χ2n) is 6.64. The first-order valence-corrected chi connectivity index (χ1v) is 9.31. The van der Waals surface area contributed by atoms with Crippen molar-refractivity contribution < 1.29 is 13.9 Å². The van der Waals surface area contributed by atoms with E-state index in [1.54, 1.807) is 6.07 Å². The summed E-state index contributed by atoms with van der Waals surface area (Å²) in [7, 11) is 0. The zero-order valence-electron chi connectivity index (χ0n) is 14.3. The summed E-state index contributed by atoms with van der Waals surface area (Å²) in [5, 5.41) is 3.56. The normalized spacial score (nSPS) is 22.0. The van der Waals surface area contributed by atoms with Gasteiger partial charge < -0.3 is 15.0 Å². The lowest BCUT2D eigenvalue weighted by atomic mass is 9.96. The highest BCUT2D eigenvalue weighted by atomic mass is 35.5. The molecule has 0 saturated carbocycles. The van der Waals surface area contributed by atoms with Crippen molar-refractivity contribution in [1.29, 1.82) is 0 Å². The number of nitrogens with zero attached hydrogens (tertiary/aromatic N) is 2. The van der Waals surface area contributed by atoms with Crippen molar-refractivity contribution >= 4 is 17.5 Å². The molecule has 0 aromatic heterocycles. The number of likely N-dealkylation sites (tertiary alicyclic amines) is 1. The van der Waals surface area contributed by atoms with Crippen LogP contribution in [0.25, 0.3) is 0 Å². The quantitative estimate of drug-likeness (QED) is 0.862. The number of hydrogen-bond acceptors (Lipinski definition) is 4. The molecule has 2 saturated heterocycles. The molecule has 1 atom stereocenters. The van der Waals surface area contributed by atoms with Crippen molar-refractivity contribution in [3.63, 3.8) is 0 Å². The SMILES string of the molecule is O=C(C1CCCN(CCOc2ccc(F)cc2Cl)C1)N1CCNCC1. The highest BCUT2D eigenvalue weighted by Crippen LogP contribution is 2.25. The number of ether oxygens (including phenoxy) is 1. The van der Waals surface area contributed by atoms with Gasteiger partial charge in [0.05, 0.1) is 10.9 Å². The number of hydrogen-bond donors (Lipinski definition) is 1. The van der Waals surface area contributed by atoms with Gasteiger partial charge in [0.1, 0.15) is 18.2 Å². The Hall–Kier alpha value is -1.37. The predicted molar refractivity (Wildman–Crippen MR) is 95.5 cm³/mol. The van der Waals surface area contributed by atoms with Gasteiger partial charge in [-0.3, -0.25) is 9.69 Å². The Labute approximate surface area is 153 Å². The summed E-state index contributed by atoms with van der Waals surface area (Å²) in [6.07, 6.45) is 1.99. The first-order chi connectivity index (χ1) is 12.1. The van der Waals surface area contributed by atoms with Gasteiger partial charge in [-0.15, -0.1) is 0 Å². The molecule has 25 heavy (non-hydrogen) atoms. The Morgan fingerprint density at radius 1 is 1.32 bits per heavy atom. The Morgan fingerprint density at radius 2 is 2.12 bits per heavy atom. The van der Waals surface area contributed by atoms with Gasteiger partial charge in [-0.1, -0.05) is 11.6 Å². The number of carbonyl (C=O) groups excluding carboxylic acids is 1. The second kappa shape index (κ2) is 8.83. The number of benzene rings is 1. The molecule has 7 heteroatoms. The predicted octanol–water partition coefficient (Wildman–Crippen LogP) is 2.00. The number of nitrogens with one attached hydrogen (secondary N) is 1. The Morgan fingerprint density at radius 3 is 2.88 bits per heavy atom. The van der Waals surface area contributed by atoms with Gasteiger partial charge in [0.25, 0.3) is 0 Å². The standard InChI is InChI=1S/C18H25ClFN3O2/c19-16-12-15(20)3-4-17(16)25-11-10-22-7-1-2-14(13-22)18(24)23-8-5-21-6-9-23/h3-4,12,14,21H,1-2,5-11,13H2. The Balaban J connectivity index is 1.45. The molecule has 2 aliphatic heterocycles. The van der Waals surface area contributed by atoms with Gasteiger partial charge in [-0.2, -0.15) is 0 Å². The number of piperazine rings is 1. The van der Waals surface area contributed by atoms with Crippen LogP contribution in [0.2, 0.25) is 5.02 Å². The summed E-state index contributed by atoms with van der Waals surface area (Å²) in [4.78, 5) is 16.9. The maximum Gasteiger partial charge on any atom is 0.227 e. The van der Waals surface area contributed by atoms with Crippen LogP contribution in [0.3, 0.4) is 0 Å². The minimum Gasteiger partial charge on any atom is -0.491 e. The van der Waals surface area contributed by atoms with Crippen molar-refractivity contribution in [3.8, 4) is 5.75 Å². The van der Waals surface area contributed by atoms with E-state index in [1.165, 1.54) is 12.1 Å². The fourth-order valence-corrected chi connectivity index (χ4v) is 3.70. The van der Waals surface area contributed by atoms with E-state index in [0.29, 0.717) is 12.4 Å². The molecule has 3 rings (SSSR count). The van der Waals surface area contributed by atoms with E-state index in [2.05, 4.69) is 10.2 Å². The first-order valence-electron chi connectivity index (χ1n) is 8.93. The molecule has 1 aromatic carbocycles. The molecule has 0 aliphatic carbocycles. The highest BCUT2D eigenvalue weighted by molar-refractivity contribution is 6.32. The molecule has 1 aromatic rings. The molecule has 2 fully saturated rings. The van der Waals surface area contributed by atoms with Gasteiger partial charge >= 0.3 is 0 Å². The average molecular weight is 370 g/mol. The zero-order valence-corrected chi connectivity index (χ0v) is 15.1. The van der Waals surface area contributed by atoms with E-state index < -0.39 is 0 Å². The number of piperidine rings is 1. The maximum atomic E-state index is 13.0. The minimum atomic E-state index is -0.373. The molecular weight excluding hydrogens is 345 g/mol. The van der Waals surface area contributed by atoms with Crippen molar-refractivity contribution in [2.24, 2.45) is 5.92 Å². The van der Waals surface area contributed by atoms with E-state index in [4.69, 9.17) is 16.3 Å². The summed E-state index contributed by atoms with van der Waals surface area (Å²) in [5.74, 6) is 0.492. The molecule has 1 unspecified atom stereocenters. The molecule has 5 nitrogen and oxygen atoms in total. The summed E-state index contributed by atoms with van der Waals surface area (Å²) in [5.41, 5.74) is 0. The molecule has 1 amide bonds. The number of rotatable bonds is 5. The van der Waals surface area contributed by atoms with E-state index in [0.717, 1.165) is 58.7 Å². The molecule has 2 heterocycles. The van der Waals surface area contributed by atoms with Crippen LogP contribution < -0.4 is 10.1 Å². The van der Waals surface area contributed by atoms with E-state index >= 15 is 0 Å². The monoisotopic (exact) mass is 369 g/mol. The number of carbonyl (C=O) groups is 1. The Bertz CT molecular complexity index is 596. The smallest absolute Gasteiger partial charge is 0.227 e. The summed E-state index contributed by atoms with van der Waals surface area (Å²) in [6.45, 7) is 6.35. The van der Waals surface area contributed by atoms with Crippen molar-refractivity contribution in [1.82, 2.24) is 15.1 Å². The third-order valence-corrected chi connectivity index (χ3v) is 5.14. The van der Waals surface area contributed by atoms with Crippen LogP contribution in [0.1, 0.15) is 12.8 Å². The molecule has 0 spiro atoms. The van der Waals surface area contributed by atoms with Gasteiger partial charge in [0, 0.05) is 39.3 Å². The topological polar surface area (TPSA) is 44.8 Å². The van der Waals surface area contributed by atoms with Crippen LogP contribution in [0.15, 0.2) is 18.2 Å². The van der Waals surface area contributed by atoms with Crippen LogP contribution >= 0.6 is 11.6 Å². The number of amides is 1. The van der Waals surface area contributed by atoms with Gasteiger partial charge in [-0.05, 0) is 37.6 Å². The van der Waals surface area contributed by atoms with Crippen LogP contribution in [0.4, 0.5) is 4.39 Å².